The number of benzene rings is 1. The van der Waals surface area contributed by atoms with Gasteiger partial charge in [0.05, 0.1) is 6.54 Å². The minimum absolute atomic E-state index is 0.0996. The van der Waals surface area contributed by atoms with Crippen LogP contribution in [0.15, 0.2) is 18.2 Å². The Labute approximate surface area is 166 Å². The molecule has 0 saturated carbocycles. The lowest BCUT2D eigenvalue weighted by Crippen LogP contribution is -2.52. The Bertz CT molecular complexity index is 734. The van der Waals surface area contributed by atoms with Gasteiger partial charge in [-0.1, -0.05) is 12.1 Å². The van der Waals surface area contributed by atoms with Gasteiger partial charge in [0.1, 0.15) is 5.60 Å². The number of ether oxygens (including phenoxy) is 1. The van der Waals surface area contributed by atoms with Gasteiger partial charge in [-0.3, -0.25) is 15.0 Å². The van der Waals surface area contributed by atoms with Crippen LogP contribution in [0.4, 0.5) is 15.3 Å². The maximum Gasteiger partial charge on any atom is 0.410 e. The van der Waals surface area contributed by atoms with Gasteiger partial charge in [0.25, 0.3) is 0 Å². The van der Waals surface area contributed by atoms with Crippen LogP contribution in [0.5, 0.6) is 0 Å². The van der Waals surface area contributed by atoms with E-state index in [1.807, 2.05) is 51.7 Å². The Morgan fingerprint density at radius 2 is 1.71 bits per heavy atom. The number of anilines is 1. The molecule has 0 aromatic heterocycles. The number of piperazine rings is 1. The summed E-state index contributed by atoms with van der Waals surface area (Å²) in [5, 5.41) is 5.06. The van der Waals surface area contributed by atoms with Crippen molar-refractivity contribution in [1.82, 2.24) is 15.1 Å². The highest BCUT2D eigenvalue weighted by atomic mass is 16.6. The number of hydrogen-bond donors (Lipinski definition) is 2. The molecule has 8 heteroatoms. The van der Waals surface area contributed by atoms with Crippen LogP contribution in [0.1, 0.15) is 31.9 Å². The van der Waals surface area contributed by atoms with Crippen LogP contribution in [0.25, 0.3) is 0 Å². The lowest BCUT2D eigenvalue weighted by atomic mass is 10.1. The zero-order chi connectivity index (χ0) is 20.9. The van der Waals surface area contributed by atoms with Gasteiger partial charge in [0.15, 0.2) is 0 Å². The summed E-state index contributed by atoms with van der Waals surface area (Å²) in [6.45, 7) is 11.5. The van der Waals surface area contributed by atoms with Gasteiger partial charge in [-0.15, -0.1) is 0 Å². The molecule has 2 N–H and O–H groups in total. The van der Waals surface area contributed by atoms with Crippen LogP contribution in [0, 0.1) is 13.8 Å². The maximum atomic E-state index is 12.1. The van der Waals surface area contributed by atoms with Crippen LogP contribution in [-0.2, 0) is 9.53 Å². The number of carbonyl (C=O) groups is 3. The first kappa shape index (κ1) is 21.7. The predicted octanol–water partition coefficient (Wildman–Crippen LogP) is 2.50. The van der Waals surface area contributed by atoms with E-state index in [0.29, 0.717) is 31.9 Å². The molecule has 1 aromatic rings. The first-order valence-electron chi connectivity index (χ1n) is 9.42. The molecule has 8 nitrogen and oxygen atoms in total. The Balaban J connectivity index is 1.76. The molecule has 0 spiro atoms. The molecule has 28 heavy (non-hydrogen) atoms. The fourth-order valence-electron chi connectivity index (χ4n) is 2.82. The number of imide groups is 1. The van der Waals surface area contributed by atoms with Crippen molar-refractivity contribution in [1.29, 1.82) is 0 Å². The van der Waals surface area contributed by atoms with Crippen LogP contribution < -0.4 is 10.6 Å². The summed E-state index contributed by atoms with van der Waals surface area (Å²) in [5.41, 5.74) is 2.17. The predicted molar refractivity (Wildman–Crippen MR) is 107 cm³/mol. The van der Waals surface area contributed by atoms with Crippen molar-refractivity contribution >= 4 is 23.7 Å². The number of nitrogens with zero attached hydrogens (tertiary/aromatic N) is 2. The average Bonchev–Trinajstić information content (AvgIpc) is 2.58. The molecule has 0 aliphatic carbocycles. The summed E-state index contributed by atoms with van der Waals surface area (Å²) < 4.78 is 5.36. The number of amides is 4. The third kappa shape index (κ3) is 6.53. The third-order valence-electron chi connectivity index (χ3n) is 4.50. The van der Waals surface area contributed by atoms with E-state index in [1.54, 1.807) is 11.0 Å². The molecule has 1 fully saturated rings. The number of aryl methyl sites for hydroxylation is 1. The summed E-state index contributed by atoms with van der Waals surface area (Å²) in [6, 6.07) is 5.05. The second-order valence-electron chi connectivity index (χ2n) is 7.99. The summed E-state index contributed by atoms with van der Waals surface area (Å²) >= 11 is 0. The van der Waals surface area contributed by atoms with Gasteiger partial charge < -0.3 is 15.0 Å². The molecule has 2 rings (SSSR count). The average molecular weight is 390 g/mol. The van der Waals surface area contributed by atoms with Gasteiger partial charge in [0, 0.05) is 31.9 Å². The van der Waals surface area contributed by atoms with Crippen molar-refractivity contribution in [3.8, 4) is 0 Å². The fraction of sp³-hybridized carbons (Fsp3) is 0.550. The van der Waals surface area contributed by atoms with E-state index in [0.717, 1.165) is 11.1 Å². The SMILES string of the molecule is Cc1cccc(NC(=O)NC(=O)CN2CCN(C(=O)OC(C)(C)C)CC2)c1C. The molecule has 0 bridgehead atoms. The fourth-order valence-corrected chi connectivity index (χ4v) is 2.82. The minimum atomic E-state index is -0.550. The number of carbonyl (C=O) groups excluding carboxylic acids is 3. The standard InChI is InChI=1S/C20H30N4O4/c1-14-7-6-8-16(15(14)2)21-18(26)22-17(25)13-23-9-11-24(12-10-23)19(27)28-20(3,4)5/h6-8H,9-13H2,1-5H3,(H2,21,22,25,26). The number of nitrogens with one attached hydrogen (secondary N) is 2. The summed E-state index contributed by atoms with van der Waals surface area (Å²) in [5.74, 6) is -0.381. The molecule has 0 atom stereocenters. The molecule has 1 heterocycles. The van der Waals surface area contributed by atoms with Crippen molar-refractivity contribution in [3.63, 3.8) is 0 Å². The van der Waals surface area contributed by atoms with Crippen molar-refractivity contribution in [2.75, 3.05) is 38.0 Å². The highest BCUT2D eigenvalue weighted by Gasteiger charge is 2.26. The molecule has 1 aliphatic heterocycles. The van der Waals surface area contributed by atoms with Crippen LogP contribution >= 0.6 is 0 Å². The van der Waals surface area contributed by atoms with Gasteiger partial charge >= 0.3 is 12.1 Å². The smallest absolute Gasteiger partial charge is 0.410 e. The first-order valence-corrected chi connectivity index (χ1v) is 9.42. The second-order valence-corrected chi connectivity index (χ2v) is 7.99. The Hall–Kier alpha value is -2.61. The van der Waals surface area contributed by atoms with Crippen molar-refractivity contribution < 1.29 is 19.1 Å². The van der Waals surface area contributed by atoms with E-state index < -0.39 is 11.6 Å². The Kier molecular flexibility index (Phi) is 7.01. The van der Waals surface area contributed by atoms with E-state index in [1.165, 1.54) is 0 Å². The quantitative estimate of drug-likeness (QED) is 0.828. The van der Waals surface area contributed by atoms with Gasteiger partial charge in [0.2, 0.25) is 5.91 Å². The van der Waals surface area contributed by atoms with Crippen molar-refractivity contribution in [2.24, 2.45) is 0 Å². The second kappa shape index (κ2) is 9.05. The van der Waals surface area contributed by atoms with Gasteiger partial charge in [-0.05, 0) is 51.8 Å². The normalized spacial score (nSPS) is 15.1. The van der Waals surface area contributed by atoms with E-state index in [-0.39, 0.29) is 18.5 Å². The van der Waals surface area contributed by atoms with E-state index in [9.17, 15) is 14.4 Å². The van der Waals surface area contributed by atoms with Crippen LogP contribution in [-0.4, -0.2) is 66.2 Å². The number of urea groups is 1. The molecule has 0 unspecified atom stereocenters. The molecule has 1 saturated heterocycles. The largest absolute Gasteiger partial charge is 0.444 e. The Morgan fingerprint density at radius 3 is 2.32 bits per heavy atom. The molecule has 0 radical (unpaired) electrons. The maximum absolute atomic E-state index is 12.1. The molecule has 4 amide bonds. The highest BCUT2D eigenvalue weighted by molar-refractivity contribution is 6.02. The number of rotatable bonds is 3. The van der Waals surface area contributed by atoms with Crippen LogP contribution in [0.2, 0.25) is 0 Å². The highest BCUT2D eigenvalue weighted by Crippen LogP contribution is 2.17. The van der Waals surface area contributed by atoms with E-state index >= 15 is 0 Å². The summed E-state index contributed by atoms with van der Waals surface area (Å²) in [7, 11) is 0. The third-order valence-corrected chi connectivity index (χ3v) is 4.50. The lowest BCUT2D eigenvalue weighted by molar-refractivity contribution is -0.121. The lowest BCUT2D eigenvalue weighted by Gasteiger charge is -2.35. The minimum Gasteiger partial charge on any atom is -0.444 e. The summed E-state index contributed by atoms with van der Waals surface area (Å²) in [4.78, 5) is 39.8. The summed E-state index contributed by atoms with van der Waals surface area (Å²) in [6.07, 6.45) is -0.343. The molecule has 1 aliphatic rings. The van der Waals surface area contributed by atoms with Gasteiger partial charge in [-0.25, -0.2) is 9.59 Å². The molecule has 1 aromatic carbocycles. The Morgan fingerprint density at radius 1 is 1.07 bits per heavy atom. The molecular formula is C20H30N4O4. The van der Waals surface area contributed by atoms with Crippen molar-refractivity contribution in [3.05, 3.63) is 29.3 Å². The topological polar surface area (TPSA) is 91.0 Å². The zero-order valence-electron chi connectivity index (χ0n) is 17.3. The van der Waals surface area contributed by atoms with Crippen molar-refractivity contribution in [2.45, 2.75) is 40.2 Å². The van der Waals surface area contributed by atoms with E-state index in [2.05, 4.69) is 10.6 Å². The zero-order valence-corrected chi connectivity index (χ0v) is 17.3. The molecule has 154 valence electrons. The monoisotopic (exact) mass is 390 g/mol. The van der Waals surface area contributed by atoms with Gasteiger partial charge in [-0.2, -0.15) is 0 Å². The molecular weight excluding hydrogens is 360 g/mol. The van der Waals surface area contributed by atoms with Crippen LogP contribution in [0.3, 0.4) is 0 Å². The number of hydrogen-bond acceptors (Lipinski definition) is 5. The first-order chi connectivity index (χ1) is 13.0. The van der Waals surface area contributed by atoms with E-state index in [4.69, 9.17) is 4.74 Å².